The third kappa shape index (κ3) is 4.82. The Bertz CT molecular complexity index is 525. The summed E-state index contributed by atoms with van der Waals surface area (Å²) < 4.78 is 5.19. The Morgan fingerprint density at radius 2 is 2.05 bits per heavy atom. The summed E-state index contributed by atoms with van der Waals surface area (Å²) in [5.41, 5.74) is 0.204. The summed E-state index contributed by atoms with van der Waals surface area (Å²) in [6, 6.07) is 4.72. The molecule has 0 spiro atoms. The molecule has 0 radical (unpaired) electrons. The minimum absolute atomic E-state index is 0.0344. The summed E-state index contributed by atoms with van der Waals surface area (Å²) in [5.74, 6) is 0.0898. The molecule has 4 N–H and O–H groups in total. The Kier molecular flexibility index (Phi) is 4.27. The van der Waals surface area contributed by atoms with Gasteiger partial charge in [-0.2, -0.15) is 0 Å². The minimum Gasteiger partial charge on any atom is -0.508 e. The van der Waals surface area contributed by atoms with Crippen LogP contribution in [0.4, 0.5) is 4.79 Å². The second kappa shape index (κ2) is 5.81. The first kappa shape index (κ1) is 15.4. The molecule has 6 heteroatoms. The molecule has 116 valence electrons. The van der Waals surface area contributed by atoms with E-state index in [2.05, 4.69) is 10.6 Å². The number of carbonyl (C=O) groups is 1. The molecule has 1 aliphatic carbocycles. The highest BCUT2D eigenvalue weighted by molar-refractivity contribution is 5.68. The molecule has 0 aliphatic heterocycles. The van der Waals surface area contributed by atoms with Gasteiger partial charge in [-0.25, -0.2) is 4.79 Å². The van der Waals surface area contributed by atoms with Crippen molar-refractivity contribution in [3.05, 3.63) is 23.8 Å². The van der Waals surface area contributed by atoms with Crippen molar-refractivity contribution in [2.45, 2.75) is 51.4 Å². The zero-order chi connectivity index (χ0) is 15.6. The monoisotopic (exact) mass is 294 g/mol. The third-order valence-corrected chi connectivity index (χ3v) is 3.12. The topological polar surface area (TPSA) is 90.8 Å². The second-order valence-electron chi connectivity index (χ2n) is 6.29. The van der Waals surface area contributed by atoms with Crippen LogP contribution in [0.15, 0.2) is 18.2 Å². The van der Waals surface area contributed by atoms with Gasteiger partial charge >= 0.3 is 6.09 Å². The Balaban J connectivity index is 1.74. The zero-order valence-electron chi connectivity index (χ0n) is 12.5. The van der Waals surface area contributed by atoms with E-state index in [0.29, 0.717) is 12.1 Å². The number of hydrogen-bond acceptors (Lipinski definition) is 5. The summed E-state index contributed by atoms with van der Waals surface area (Å²) in [5, 5.41) is 24.9. The molecule has 1 fully saturated rings. The fourth-order valence-corrected chi connectivity index (χ4v) is 1.98. The molecule has 2 unspecified atom stereocenters. The Hall–Kier alpha value is -1.95. The van der Waals surface area contributed by atoms with Crippen LogP contribution in [-0.2, 0) is 11.3 Å². The lowest BCUT2D eigenvalue weighted by Crippen LogP contribution is -2.36. The lowest BCUT2D eigenvalue weighted by Gasteiger charge is -2.19. The number of nitrogens with one attached hydrogen (secondary N) is 2. The highest BCUT2D eigenvalue weighted by Gasteiger charge is 2.38. The van der Waals surface area contributed by atoms with Gasteiger partial charge in [-0.3, -0.25) is 0 Å². The summed E-state index contributed by atoms with van der Waals surface area (Å²) in [6.45, 7) is 5.94. The third-order valence-electron chi connectivity index (χ3n) is 3.12. The normalized spacial score (nSPS) is 20.9. The number of carbonyl (C=O) groups excluding carboxylic acids is 1. The Labute approximate surface area is 124 Å². The molecule has 1 aliphatic rings. The van der Waals surface area contributed by atoms with Crippen LogP contribution in [0, 0.1) is 0 Å². The van der Waals surface area contributed by atoms with Crippen LogP contribution in [0.1, 0.15) is 32.8 Å². The van der Waals surface area contributed by atoms with Gasteiger partial charge in [-0.1, -0.05) is 6.07 Å². The lowest BCUT2D eigenvalue weighted by atomic mass is 10.2. The van der Waals surface area contributed by atoms with E-state index in [4.69, 9.17) is 4.74 Å². The molecule has 6 nitrogen and oxygen atoms in total. The smallest absolute Gasteiger partial charge is 0.407 e. The number of hydrogen-bond donors (Lipinski definition) is 4. The number of rotatable bonds is 4. The summed E-state index contributed by atoms with van der Waals surface area (Å²) in [4.78, 5) is 11.6. The van der Waals surface area contributed by atoms with Gasteiger partial charge in [-0.05, 0) is 33.3 Å². The molecule has 0 aromatic heterocycles. The molecule has 0 saturated heterocycles. The Morgan fingerprint density at radius 1 is 1.33 bits per heavy atom. The van der Waals surface area contributed by atoms with Crippen LogP contribution in [0.2, 0.25) is 0 Å². The van der Waals surface area contributed by atoms with Crippen LogP contribution in [0.5, 0.6) is 11.5 Å². The van der Waals surface area contributed by atoms with Gasteiger partial charge in [-0.15, -0.1) is 0 Å². The Morgan fingerprint density at radius 3 is 2.67 bits per heavy atom. The number of phenols is 2. The number of aromatic hydroxyl groups is 2. The number of alkyl carbamates (subject to hydrolysis) is 1. The zero-order valence-corrected chi connectivity index (χ0v) is 12.5. The van der Waals surface area contributed by atoms with E-state index in [9.17, 15) is 15.0 Å². The first-order valence-electron chi connectivity index (χ1n) is 6.98. The summed E-state index contributed by atoms with van der Waals surface area (Å²) in [6.07, 6.45) is 0.419. The van der Waals surface area contributed by atoms with E-state index in [1.165, 1.54) is 12.1 Å². The molecule has 1 amide bonds. The van der Waals surface area contributed by atoms with Gasteiger partial charge in [0.25, 0.3) is 0 Å². The quantitative estimate of drug-likeness (QED) is 0.680. The number of amides is 1. The predicted octanol–water partition coefficient (Wildman–Crippen LogP) is 1.85. The van der Waals surface area contributed by atoms with Gasteiger partial charge in [0, 0.05) is 30.3 Å². The van der Waals surface area contributed by atoms with Crippen molar-refractivity contribution in [2.24, 2.45) is 0 Å². The fourth-order valence-electron chi connectivity index (χ4n) is 1.98. The van der Waals surface area contributed by atoms with Crippen LogP contribution in [0.3, 0.4) is 0 Å². The van der Waals surface area contributed by atoms with E-state index in [1.54, 1.807) is 6.07 Å². The fraction of sp³-hybridized carbons (Fsp3) is 0.533. The van der Waals surface area contributed by atoms with Gasteiger partial charge in [0.15, 0.2) is 0 Å². The van der Waals surface area contributed by atoms with Crippen molar-refractivity contribution < 1.29 is 19.7 Å². The summed E-state index contributed by atoms with van der Waals surface area (Å²) >= 11 is 0. The molecule has 2 atom stereocenters. The maximum Gasteiger partial charge on any atom is 0.407 e. The number of benzene rings is 1. The van der Waals surface area contributed by atoms with Crippen molar-refractivity contribution in [2.75, 3.05) is 0 Å². The average Bonchev–Trinajstić information content (AvgIpc) is 3.03. The van der Waals surface area contributed by atoms with E-state index < -0.39 is 11.7 Å². The van der Waals surface area contributed by atoms with Crippen LogP contribution in [-0.4, -0.2) is 34.0 Å². The minimum atomic E-state index is -0.500. The average molecular weight is 294 g/mol. The van der Waals surface area contributed by atoms with Crippen LogP contribution >= 0.6 is 0 Å². The lowest BCUT2D eigenvalue weighted by molar-refractivity contribution is 0.0522. The van der Waals surface area contributed by atoms with Crippen LogP contribution in [0.25, 0.3) is 0 Å². The SMILES string of the molecule is CC(C)(C)OC(=O)NC1CC1NCc1ccc(O)cc1O. The number of phenolic OH excluding ortho intramolecular Hbond substituents is 2. The largest absolute Gasteiger partial charge is 0.508 e. The van der Waals surface area contributed by atoms with E-state index in [0.717, 1.165) is 6.42 Å². The highest BCUT2D eigenvalue weighted by Crippen LogP contribution is 2.25. The first-order chi connectivity index (χ1) is 9.74. The van der Waals surface area contributed by atoms with Crippen molar-refractivity contribution in [3.63, 3.8) is 0 Å². The van der Waals surface area contributed by atoms with Crippen molar-refractivity contribution in [1.29, 1.82) is 0 Å². The molecule has 21 heavy (non-hydrogen) atoms. The van der Waals surface area contributed by atoms with Gasteiger partial charge in [0.05, 0.1) is 0 Å². The van der Waals surface area contributed by atoms with E-state index >= 15 is 0 Å². The van der Waals surface area contributed by atoms with Crippen molar-refractivity contribution >= 4 is 6.09 Å². The van der Waals surface area contributed by atoms with E-state index in [-0.39, 0.29) is 23.6 Å². The highest BCUT2D eigenvalue weighted by atomic mass is 16.6. The first-order valence-corrected chi connectivity index (χ1v) is 6.98. The molecule has 1 aromatic rings. The van der Waals surface area contributed by atoms with Crippen molar-refractivity contribution in [1.82, 2.24) is 10.6 Å². The molecular weight excluding hydrogens is 272 g/mol. The van der Waals surface area contributed by atoms with Crippen molar-refractivity contribution in [3.8, 4) is 11.5 Å². The van der Waals surface area contributed by atoms with Gasteiger partial charge in [0.1, 0.15) is 17.1 Å². The molecule has 0 heterocycles. The number of ether oxygens (including phenoxy) is 1. The maximum atomic E-state index is 11.6. The predicted molar refractivity (Wildman–Crippen MR) is 78.2 cm³/mol. The molecule has 0 bridgehead atoms. The molecule has 1 saturated carbocycles. The molecular formula is C15H22N2O4. The molecule has 2 rings (SSSR count). The summed E-state index contributed by atoms with van der Waals surface area (Å²) in [7, 11) is 0. The van der Waals surface area contributed by atoms with Gasteiger partial charge < -0.3 is 25.6 Å². The second-order valence-corrected chi connectivity index (χ2v) is 6.29. The van der Waals surface area contributed by atoms with Gasteiger partial charge in [0.2, 0.25) is 0 Å². The maximum absolute atomic E-state index is 11.6. The standard InChI is InChI=1S/C15H22N2O4/c1-15(2,3)21-14(20)17-12-7-11(12)16-8-9-4-5-10(18)6-13(9)19/h4-6,11-12,16,18-19H,7-8H2,1-3H3,(H,17,20). The van der Waals surface area contributed by atoms with Crippen LogP contribution < -0.4 is 10.6 Å². The molecule has 1 aromatic carbocycles. The van der Waals surface area contributed by atoms with E-state index in [1.807, 2.05) is 20.8 Å².